The fourth-order valence-corrected chi connectivity index (χ4v) is 1.91. The van der Waals surface area contributed by atoms with Crippen molar-refractivity contribution < 1.29 is 14.3 Å². The van der Waals surface area contributed by atoms with Crippen molar-refractivity contribution in [2.75, 3.05) is 24.4 Å². The summed E-state index contributed by atoms with van der Waals surface area (Å²) in [4.78, 5) is 11.9. The van der Waals surface area contributed by atoms with Crippen molar-refractivity contribution in [2.24, 2.45) is 5.92 Å². The SMILES string of the molecule is COCC(Nc1ccccc1NC(=O)OC(C)(C)C)C(C)C. The summed E-state index contributed by atoms with van der Waals surface area (Å²) in [6, 6.07) is 7.73. The molecule has 0 aromatic heterocycles. The number of methoxy groups -OCH3 is 1. The van der Waals surface area contributed by atoms with Gasteiger partial charge in [0.05, 0.1) is 24.0 Å². The molecule has 1 aromatic carbocycles. The molecule has 1 amide bonds. The first-order valence-electron chi connectivity index (χ1n) is 7.57. The molecule has 0 aliphatic carbocycles. The molecule has 5 heteroatoms. The van der Waals surface area contributed by atoms with Crippen LogP contribution in [-0.4, -0.2) is 31.5 Å². The Labute approximate surface area is 133 Å². The molecule has 124 valence electrons. The Morgan fingerprint density at radius 3 is 2.27 bits per heavy atom. The Bertz CT molecular complexity index is 481. The van der Waals surface area contributed by atoms with Crippen LogP contribution in [0.25, 0.3) is 0 Å². The second kappa shape index (κ2) is 8.03. The molecule has 2 N–H and O–H groups in total. The lowest BCUT2D eigenvalue weighted by Crippen LogP contribution is -2.31. The van der Waals surface area contributed by atoms with Gasteiger partial charge in [-0.1, -0.05) is 26.0 Å². The first-order valence-corrected chi connectivity index (χ1v) is 7.57. The van der Waals surface area contributed by atoms with E-state index >= 15 is 0 Å². The highest BCUT2D eigenvalue weighted by molar-refractivity contribution is 5.89. The van der Waals surface area contributed by atoms with Crippen LogP contribution in [-0.2, 0) is 9.47 Å². The molecule has 1 atom stereocenters. The van der Waals surface area contributed by atoms with Gasteiger partial charge in [0, 0.05) is 7.11 Å². The minimum atomic E-state index is -0.525. The van der Waals surface area contributed by atoms with Gasteiger partial charge in [-0.2, -0.15) is 0 Å². The number of amides is 1. The summed E-state index contributed by atoms with van der Waals surface area (Å²) < 4.78 is 10.5. The third-order valence-electron chi connectivity index (χ3n) is 3.05. The van der Waals surface area contributed by atoms with Gasteiger partial charge in [0.1, 0.15) is 5.60 Å². The largest absolute Gasteiger partial charge is 0.444 e. The highest BCUT2D eigenvalue weighted by Gasteiger charge is 2.18. The summed E-state index contributed by atoms with van der Waals surface area (Å²) in [5.41, 5.74) is 1.02. The Morgan fingerprint density at radius 1 is 1.18 bits per heavy atom. The summed E-state index contributed by atoms with van der Waals surface area (Å²) in [6.45, 7) is 10.4. The van der Waals surface area contributed by atoms with E-state index < -0.39 is 11.7 Å². The zero-order chi connectivity index (χ0) is 16.8. The average Bonchev–Trinajstić information content (AvgIpc) is 2.37. The highest BCUT2D eigenvalue weighted by atomic mass is 16.6. The van der Waals surface area contributed by atoms with Crippen LogP contribution in [0, 0.1) is 5.92 Å². The lowest BCUT2D eigenvalue weighted by Gasteiger charge is -2.25. The van der Waals surface area contributed by atoms with Crippen LogP contribution in [0.3, 0.4) is 0 Å². The second-order valence-corrected chi connectivity index (χ2v) is 6.62. The molecular formula is C17H28N2O3. The number of anilines is 2. The Kier molecular flexibility index (Phi) is 6.68. The predicted molar refractivity (Wildman–Crippen MR) is 90.4 cm³/mol. The number of hydrogen-bond donors (Lipinski definition) is 2. The molecule has 1 unspecified atom stereocenters. The molecular weight excluding hydrogens is 280 g/mol. The smallest absolute Gasteiger partial charge is 0.412 e. The van der Waals surface area contributed by atoms with Crippen LogP contribution in [0.4, 0.5) is 16.2 Å². The quantitative estimate of drug-likeness (QED) is 0.830. The van der Waals surface area contributed by atoms with Gasteiger partial charge < -0.3 is 14.8 Å². The number of carbonyl (C=O) groups excluding carboxylic acids is 1. The number of nitrogens with one attached hydrogen (secondary N) is 2. The molecule has 0 radical (unpaired) electrons. The zero-order valence-electron chi connectivity index (χ0n) is 14.4. The Hall–Kier alpha value is -1.75. The van der Waals surface area contributed by atoms with E-state index in [2.05, 4.69) is 24.5 Å². The zero-order valence-corrected chi connectivity index (χ0v) is 14.4. The van der Waals surface area contributed by atoms with Crippen LogP contribution in [0.1, 0.15) is 34.6 Å². The summed E-state index contributed by atoms with van der Waals surface area (Å²) in [5.74, 6) is 0.398. The molecule has 0 fully saturated rings. The molecule has 0 heterocycles. The van der Waals surface area contributed by atoms with Gasteiger partial charge in [-0.25, -0.2) is 4.79 Å². The number of carbonyl (C=O) groups is 1. The molecule has 22 heavy (non-hydrogen) atoms. The summed E-state index contributed by atoms with van der Waals surface area (Å²) in [6.07, 6.45) is -0.463. The third-order valence-corrected chi connectivity index (χ3v) is 3.05. The van der Waals surface area contributed by atoms with Crippen LogP contribution in [0.15, 0.2) is 24.3 Å². The molecule has 1 aromatic rings. The number of hydrogen-bond acceptors (Lipinski definition) is 4. The standard InChI is InChI=1S/C17H28N2O3/c1-12(2)15(11-21-6)18-13-9-7-8-10-14(13)19-16(20)22-17(3,4)5/h7-10,12,15,18H,11H2,1-6H3,(H,19,20). The van der Waals surface area contributed by atoms with Crippen molar-refractivity contribution in [1.82, 2.24) is 0 Å². The molecule has 0 saturated carbocycles. The Balaban J connectivity index is 2.83. The normalized spacial score (nSPS) is 12.9. The Morgan fingerprint density at radius 2 is 1.77 bits per heavy atom. The number of para-hydroxylation sites is 2. The van der Waals surface area contributed by atoms with E-state index in [4.69, 9.17) is 9.47 Å². The highest BCUT2D eigenvalue weighted by Crippen LogP contribution is 2.24. The van der Waals surface area contributed by atoms with Crippen molar-refractivity contribution in [2.45, 2.75) is 46.3 Å². The van der Waals surface area contributed by atoms with Crippen LogP contribution in [0.5, 0.6) is 0 Å². The summed E-state index contributed by atoms with van der Waals surface area (Å²) in [7, 11) is 1.68. The van der Waals surface area contributed by atoms with Crippen LogP contribution in [0.2, 0.25) is 0 Å². The summed E-state index contributed by atoms with van der Waals surface area (Å²) >= 11 is 0. The maximum atomic E-state index is 11.9. The van der Waals surface area contributed by atoms with Crippen LogP contribution >= 0.6 is 0 Å². The van der Waals surface area contributed by atoms with E-state index in [1.54, 1.807) is 7.11 Å². The van der Waals surface area contributed by atoms with E-state index in [0.29, 0.717) is 18.2 Å². The number of benzene rings is 1. The topological polar surface area (TPSA) is 59.6 Å². The van der Waals surface area contributed by atoms with E-state index in [-0.39, 0.29) is 6.04 Å². The van der Waals surface area contributed by atoms with Gasteiger partial charge in [0.15, 0.2) is 0 Å². The van der Waals surface area contributed by atoms with Gasteiger partial charge in [0.2, 0.25) is 0 Å². The molecule has 5 nitrogen and oxygen atoms in total. The van der Waals surface area contributed by atoms with Crippen LogP contribution < -0.4 is 10.6 Å². The molecule has 1 rings (SSSR count). The van der Waals surface area contributed by atoms with Crippen molar-refractivity contribution in [3.05, 3.63) is 24.3 Å². The van der Waals surface area contributed by atoms with E-state index in [1.165, 1.54) is 0 Å². The second-order valence-electron chi connectivity index (χ2n) is 6.62. The van der Waals surface area contributed by atoms with Gasteiger partial charge in [-0.05, 0) is 38.8 Å². The number of rotatable bonds is 6. The number of ether oxygens (including phenoxy) is 2. The van der Waals surface area contributed by atoms with Gasteiger partial charge in [-0.3, -0.25) is 5.32 Å². The van der Waals surface area contributed by atoms with Gasteiger partial charge in [0.25, 0.3) is 0 Å². The molecule has 0 saturated heterocycles. The molecule has 0 bridgehead atoms. The fourth-order valence-electron chi connectivity index (χ4n) is 1.91. The molecule has 0 aliphatic rings. The lowest BCUT2D eigenvalue weighted by atomic mass is 10.0. The van der Waals surface area contributed by atoms with Crippen molar-refractivity contribution in [1.29, 1.82) is 0 Å². The fraction of sp³-hybridized carbons (Fsp3) is 0.588. The van der Waals surface area contributed by atoms with E-state index in [0.717, 1.165) is 5.69 Å². The maximum absolute atomic E-state index is 11.9. The van der Waals surface area contributed by atoms with Crippen molar-refractivity contribution >= 4 is 17.5 Å². The molecule has 0 aliphatic heterocycles. The van der Waals surface area contributed by atoms with E-state index in [9.17, 15) is 4.79 Å². The maximum Gasteiger partial charge on any atom is 0.412 e. The van der Waals surface area contributed by atoms with Crippen molar-refractivity contribution in [3.63, 3.8) is 0 Å². The van der Waals surface area contributed by atoms with Gasteiger partial charge in [-0.15, -0.1) is 0 Å². The van der Waals surface area contributed by atoms with E-state index in [1.807, 2.05) is 45.0 Å². The predicted octanol–water partition coefficient (Wildman–Crippen LogP) is 4.12. The average molecular weight is 308 g/mol. The molecule has 0 spiro atoms. The summed E-state index contributed by atoms with van der Waals surface area (Å²) in [5, 5.41) is 6.21. The third kappa shape index (κ3) is 6.35. The van der Waals surface area contributed by atoms with Crippen molar-refractivity contribution in [3.8, 4) is 0 Å². The minimum absolute atomic E-state index is 0.159. The lowest BCUT2D eigenvalue weighted by molar-refractivity contribution is 0.0636. The first kappa shape index (κ1) is 18.3. The monoisotopic (exact) mass is 308 g/mol. The first-order chi connectivity index (χ1) is 10.2. The minimum Gasteiger partial charge on any atom is -0.444 e. The van der Waals surface area contributed by atoms with Gasteiger partial charge >= 0.3 is 6.09 Å².